The zero-order chi connectivity index (χ0) is 15.6. The van der Waals surface area contributed by atoms with Gasteiger partial charge in [0.15, 0.2) is 6.04 Å². The number of carbonyl (C=O) groups excluding carboxylic acids is 1. The first-order valence-electron chi connectivity index (χ1n) is 5.97. The van der Waals surface area contributed by atoms with Crippen molar-refractivity contribution in [3.63, 3.8) is 0 Å². The van der Waals surface area contributed by atoms with Gasteiger partial charge in [-0.05, 0) is 6.07 Å². The Hall–Kier alpha value is -2.55. The fourth-order valence-electron chi connectivity index (χ4n) is 2.00. The maximum Gasteiger partial charge on any atom is 0.328 e. The van der Waals surface area contributed by atoms with Crippen LogP contribution < -0.4 is 0 Å². The topological polar surface area (TPSA) is 110 Å². The number of carboxylic acid groups (broad SMARTS) is 1. The van der Waals surface area contributed by atoms with E-state index in [1.54, 1.807) is 0 Å². The van der Waals surface area contributed by atoms with Gasteiger partial charge in [-0.1, -0.05) is 0 Å². The van der Waals surface area contributed by atoms with Crippen molar-refractivity contribution < 1.29 is 28.7 Å². The SMILES string of the molecule is O=C(O)C1COCCN1C(=O)c1cc([N+](=O)[O-])ccc1F. The summed E-state index contributed by atoms with van der Waals surface area (Å²) >= 11 is 0. The van der Waals surface area contributed by atoms with E-state index in [1.807, 2.05) is 0 Å². The van der Waals surface area contributed by atoms with Crippen LogP contribution >= 0.6 is 0 Å². The predicted molar refractivity (Wildman–Crippen MR) is 66.3 cm³/mol. The molecule has 0 radical (unpaired) electrons. The molecule has 1 atom stereocenters. The minimum absolute atomic E-state index is 0.0298. The van der Waals surface area contributed by atoms with Crippen molar-refractivity contribution in [2.75, 3.05) is 19.8 Å². The Balaban J connectivity index is 2.36. The minimum atomic E-state index is -1.28. The van der Waals surface area contributed by atoms with Crippen LogP contribution in [0.5, 0.6) is 0 Å². The second-order valence-corrected chi connectivity index (χ2v) is 4.35. The standard InChI is InChI=1S/C12H11FN2O6/c13-9-2-1-7(15(19)20)5-8(9)11(16)14-3-4-21-6-10(14)12(17)18/h1-2,5,10H,3-4,6H2,(H,17,18). The first kappa shape index (κ1) is 14.9. The molecule has 0 bridgehead atoms. The maximum absolute atomic E-state index is 13.7. The first-order valence-corrected chi connectivity index (χ1v) is 5.97. The van der Waals surface area contributed by atoms with Gasteiger partial charge in [-0.2, -0.15) is 0 Å². The number of amides is 1. The normalized spacial score (nSPS) is 18.3. The van der Waals surface area contributed by atoms with Crippen molar-refractivity contribution in [1.29, 1.82) is 0 Å². The average Bonchev–Trinajstić information content (AvgIpc) is 2.46. The summed E-state index contributed by atoms with van der Waals surface area (Å²) in [6.07, 6.45) is 0. The number of carbonyl (C=O) groups is 2. The van der Waals surface area contributed by atoms with Crippen LogP contribution in [0.2, 0.25) is 0 Å². The van der Waals surface area contributed by atoms with Crippen LogP contribution in [-0.4, -0.2) is 52.6 Å². The van der Waals surface area contributed by atoms with Crippen molar-refractivity contribution in [2.45, 2.75) is 6.04 Å². The van der Waals surface area contributed by atoms with Gasteiger partial charge in [-0.15, -0.1) is 0 Å². The van der Waals surface area contributed by atoms with E-state index >= 15 is 0 Å². The van der Waals surface area contributed by atoms with Gasteiger partial charge >= 0.3 is 5.97 Å². The van der Waals surface area contributed by atoms with Crippen LogP contribution in [0.25, 0.3) is 0 Å². The molecule has 0 aromatic heterocycles. The number of ether oxygens (including phenoxy) is 1. The Kier molecular flexibility index (Phi) is 4.13. The number of aliphatic carboxylic acids is 1. The van der Waals surface area contributed by atoms with Crippen LogP contribution in [0.3, 0.4) is 0 Å². The van der Waals surface area contributed by atoms with Gasteiger partial charge in [0.2, 0.25) is 0 Å². The maximum atomic E-state index is 13.7. The number of benzene rings is 1. The van der Waals surface area contributed by atoms with Crippen molar-refractivity contribution in [3.05, 3.63) is 39.7 Å². The number of morpholine rings is 1. The van der Waals surface area contributed by atoms with E-state index in [1.165, 1.54) is 0 Å². The minimum Gasteiger partial charge on any atom is -0.480 e. The summed E-state index contributed by atoms with van der Waals surface area (Å²) in [5.41, 5.74) is -0.975. The summed E-state index contributed by atoms with van der Waals surface area (Å²) in [6, 6.07) is 1.29. The molecule has 0 aliphatic carbocycles. The van der Waals surface area contributed by atoms with E-state index in [0.717, 1.165) is 23.1 Å². The summed E-state index contributed by atoms with van der Waals surface area (Å²) in [5.74, 6) is -3.14. The summed E-state index contributed by atoms with van der Waals surface area (Å²) < 4.78 is 18.7. The Morgan fingerprint density at radius 3 is 2.81 bits per heavy atom. The molecule has 8 nitrogen and oxygen atoms in total. The van der Waals surface area contributed by atoms with Gasteiger partial charge in [0.1, 0.15) is 5.82 Å². The molecule has 1 unspecified atom stereocenters. The van der Waals surface area contributed by atoms with Crippen LogP contribution in [0.1, 0.15) is 10.4 Å². The second-order valence-electron chi connectivity index (χ2n) is 4.35. The zero-order valence-corrected chi connectivity index (χ0v) is 10.7. The summed E-state index contributed by atoms with van der Waals surface area (Å²) in [6.45, 7) is -0.123. The van der Waals surface area contributed by atoms with E-state index in [2.05, 4.69) is 0 Å². The Morgan fingerprint density at radius 2 is 2.19 bits per heavy atom. The van der Waals surface area contributed by atoms with Crippen molar-refractivity contribution >= 4 is 17.6 Å². The van der Waals surface area contributed by atoms with Gasteiger partial charge in [-0.25, -0.2) is 9.18 Å². The third-order valence-electron chi connectivity index (χ3n) is 3.07. The molecule has 1 fully saturated rings. The summed E-state index contributed by atoms with van der Waals surface area (Å²) in [5, 5.41) is 19.7. The number of nitrogens with zero attached hydrogens (tertiary/aromatic N) is 2. The van der Waals surface area contributed by atoms with Crippen molar-refractivity contribution in [1.82, 2.24) is 4.90 Å². The smallest absolute Gasteiger partial charge is 0.328 e. The third kappa shape index (κ3) is 2.97. The number of nitro benzene ring substituents is 1. The van der Waals surface area contributed by atoms with Crippen LogP contribution in [0.4, 0.5) is 10.1 Å². The predicted octanol–water partition coefficient (Wildman–Crippen LogP) is 0.659. The van der Waals surface area contributed by atoms with Crippen LogP contribution in [0.15, 0.2) is 18.2 Å². The lowest BCUT2D eigenvalue weighted by molar-refractivity contribution is -0.384. The summed E-state index contributed by atoms with van der Waals surface area (Å²) in [7, 11) is 0. The molecular weight excluding hydrogens is 287 g/mol. The number of halogens is 1. The monoisotopic (exact) mass is 298 g/mol. The highest BCUT2D eigenvalue weighted by Crippen LogP contribution is 2.20. The van der Waals surface area contributed by atoms with Crippen LogP contribution in [-0.2, 0) is 9.53 Å². The largest absolute Gasteiger partial charge is 0.480 e. The molecule has 21 heavy (non-hydrogen) atoms. The fourth-order valence-corrected chi connectivity index (χ4v) is 2.00. The van der Waals surface area contributed by atoms with Gasteiger partial charge in [0.05, 0.1) is 23.7 Å². The number of hydrogen-bond acceptors (Lipinski definition) is 5. The summed E-state index contributed by atoms with van der Waals surface area (Å²) in [4.78, 5) is 34.2. The lowest BCUT2D eigenvalue weighted by atomic mass is 10.1. The van der Waals surface area contributed by atoms with E-state index < -0.39 is 39.9 Å². The van der Waals surface area contributed by atoms with E-state index in [0.29, 0.717) is 0 Å². The number of carboxylic acids is 1. The molecule has 1 amide bonds. The molecule has 0 saturated carbocycles. The number of non-ortho nitro benzene ring substituents is 1. The lowest BCUT2D eigenvalue weighted by Crippen LogP contribution is -2.52. The van der Waals surface area contributed by atoms with Crippen molar-refractivity contribution in [2.24, 2.45) is 0 Å². The van der Waals surface area contributed by atoms with Crippen molar-refractivity contribution in [3.8, 4) is 0 Å². The molecule has 1 aliphatic heterocycles. The van der Waals surface area contributed by atoms with Gasteiger partial charge < -0.3 is 14.7 Å². The van der Waals surface area contributed by atoms with E-state index in [-0.39, 0.29) is 19.8 Å². The molecule has 1 heterocycles. The highest BCUT2D eigenvalue weighted by atomic mass is 19.1. The first-order chi connectivity index (χ1) is 9.91. The molecule has 1 N–H and O–H groups in total. The molecule has 2 rings (SSSR count). The lowest BCUT2D eigenvalue weighted by Gasteiger charge is -2.32. The number of hydrogen-bond donors (Lipinski definition) is 1. The van der Waals surface area contributed by atoms with Gasteiger partial charge in [0.25, 0.3) is 11.6 Å². The molecule has 1 aromatic rings. The third-order valence-corrected chi connectivity index (χ3v) is 3.07. The van der Waals surface area contributed by atoms with E-state index in [4.69, 9.17) is 9.84 Å². The quantitative estimate of drug-likeness (QED) is 0.648. The molecular formula is C12H11FN2O6. The second kappa shape index (κ2) is 5.83. The Morgan fingerprint density at radius 1 is 1.48 bits per heavy atom. The average molecular weight is 298 g/mol. The molecule has 1 saturated heterocycles. The Labute approximate surface area is 117 Å². The molecule has 1 aliphatic rings. The van der Waals surface area contributed by atoms with E-state index in [9.17, 15) is 24.1 Å². The highest BCUT2D eigenvalue weighted by molar-refractivity contribution is 5.97. The Bertz CT molecular complexity index is 605. The molecule has 0 spiro atoms. The van der Waals surface area contributed by atoms with Gasteiger partial charge in [-0.3, -0.25) is 14.9 Å². The number of nitro groups is 1. The highest BCUT2D eigenvalue weighted by Gasteiger charge is 2.34. The molecule has 1 aromatic carbocycles. The van der Waals surface area contributed by atoms with Gasteiger partial charge in [0, 0.05) is 18.7 Å². The van der Waals surface area contributed by atoms with Crippen LogP contribution in [0, 0.1) is 15.9 Å². The number of rotatable bonds is 3. The fraction of sp³-hybridized carbons (Fsp3) is 0.333. The zero-order valence-electron chi connectivity index (χ0n) is 10.7. The molecule has 112 valence electrons. The molecule has 9 heteroatoms.